The molecule has 1 unspecified atom stereocenters. The zero-order valence-corrected chi connectivity index (χ0v) is 20.5. The molecule has 1 atom stereocenters. The van der Waals surface area contributed by atoms with Crippen LogP contribution >= 0.6 is 0 Å². The van der Waals surface area contributed by atoms with Gasteiger partial charge in [-0.1, -0.05) is 103 Å². The maximum Gasteiger partial charge on any atom is 1.00 e. The van der Waals surface area contributed by atoms with E-state index in [9.17, 15) is 8.42 Å². The van der Waals surface area contributed by atoms with Crippen molar-refractivity contribution in [2.24, 2.45) is 0 Å². The molecule has 26 heavy (non-hydrogen) atoms. The van der Waals surface area contributed by atoms with Gasteiger partial charge in [0, 0.05) is 6.61 Å². The summed E-state index contributed by atoms with van der Waals surface area (Å²) in [4.78, 5) is 0. The van der Waals surface area contributed by atoms with Crippen LogP contribution in [0.1, 0.15) is 117 Å². The van der Waals surface area contributed by atoms with Gasteiger partial charge in [0.2, 0.25) is 0 Å². The SMILES string of the molecule is CCCCCCCCCCCCCCCCCCOC(C)S(=O)(=O)O.[Na+]. The average Bonchev–Trinajstić information content (AvgIpc) is 2.56. The van der Waals surface area contributed by atoms with Crippen molar-refractivity contribution in [2.75, 3.05) is 6.61 Å². The minimum atomic E-state index is -4.05. The molecule has 0 radical (unpaired) electrons. The van der Waals surface area contributed by atoms with E-state index in [1.165, 1.54) is 96.8 Å². The van der Waals surface area contributed by atoms with Crippen LogP contribution in [0.15, 0.2) is 0 Å². The van der Waals surface area contributed by atoms with Gasteiger partial charge >= 0.3 is 29.6 Å². The smallest absolute Gasteiger partial charge is 0.360 e. The summed E-state index contributed by atoms with van der Waals surface area (Å²) in [5, 5.41) is 0. The van der Waals surface area contributed by atoms with E-state index in [0.29, 0.717) is 6.61 Å². The van der Waals surface area contributed by atoms with Crippen LogP contribution in [-0.4, -0.2) is 25.0 Å². The molecule has 0 rings (SSSR count). The second-order valence-electron chi connectivity index (χ2n) is 7.26. The van der Waals surface area contributed by atoms with Crippen LogP contribution in [0.4, 0.5) is 0 Å². The summed E-state index contributed by atoms with van der Waals surface area (Å²) >= 11 is 0. The van der Waals surface area contributed by atoms with Gasteiger partial charge in [-0.15, -0.1) is 0 Å². The largest absolute Gasteiger partial charge is 1.00 e. The molecule has 0 saturated heterocycles. The Balaban J connectivity index is 0. The van der Waals surface area contributed by atoms with Gasteiger partial charge < -0.3 is 4.74 Å². The van der Waals surface area contributed by atoms with Gasteiger partial charge in [0.05, 0.1) is 0 Å². The normalized spacial score (nSPS) is 12.7. The minimum Gasteiger partial charge on any atom is -0.360 e. The second kappa shape index (κ2) is 20.6. The van der Waals surface area contributed by atoms with Gasteiger partial charge in [-0.2, -0.15) is 8.42 Å². The van der Waals surface area contributed by atoms with Crippen molar-refractivity contribution >= 4 is 10.1 Å². The van der Waals surface area contributed by atoms with E-state index in [1.54, 1.807) is 0 Å². The van der Waals surface area contributed by atoms with Gasteiger partial charge in [0.1, 0.15) is 0 Å². The van der Waals surface area contributed by atoms with Crippen LogP contribution in [0.3, 0.4) is 0 Å². The predicted octanol–water partition coefficient (Wildman–Crippen LogP) is 3.50. The molecule has 6 heteroatoms. The Bertz CT molecular complexity index is 374. The van der Waals surface area contributed by atoms with Gasteiger partial charge in [0.25, 0.3) is 10.1 Å². The van der Waals surface area contributed by atoms with Crippen molar-refractivity contribution < 1.29 is 47.3 Å². The van der Waals surface area contributed by atoms with E-state index in [4.69, 9.17) is 9.29 Å². The summed E-state index contributed by atoms with van der Waals surface area (Å²) < 4.78 is 35.4. The number of rotatable bonds is 19. The first-order chi connectivity index (χ1) is 12.0. The molecule has 0 aliphatic heterocycles. The van der Waals surface area contributed by atoms with Crippen LogP contribution in [0.25, 0.3) is 0 Å². The Morgan fingerprint density at radius 3 is 1.31 bits per heavy atom. The zero-order chi connectivity index (χ0) is 18.8. The molecule has 0 aromatic heterocycles. The van der Waals surface area contributed by atoms with Crippen molar-refractivity contribution in [1.29, 1.82) is 0 Å². The van der Waals surface area contributed by atoms with Gasteiger partial charge in [-0.3, -0.25) is 4.55 Å². The van der Waals surface area contributed by atoms with Crippen molar-refractivity contribution in [1.82, 2.24) is 0 Å². The fourth-order valence-electron chi connectivity index (χ4n) is 2.99. The average molecular weight is 402 g/mol. The molecular weight excluding hydrogens is 359 g/mol. The minimum absolute atomic E-state index is 0. The molecule has 0 amide bonds. The fourth-order valence-corrected chi connectivity index (χ4v) is 3.25. The van der Waals surface area contributed by atoms with E-state index >= 15 is 0 Å². The summed E-state index contributed by atoms with van der Waals surface area (Å²) in [6.45, 7) is 4.03. The molecule has 0 aromatic carbocycles. The fraction of sp³-hybridized carbons (Fsp3) is 1.00. The molecule has 0 aliphatic rings. The Hall–Kier alpha value is 0.870. The van der Waals surface area contributed by atoms with E-state index in [-0.39, 0.29) is 29.6 Å². The molecule has 0 aliphatic carbocycles. The number of hydrogen-bond acceptors (Lipinski definition) is 3. The Morgan fingerprint density at radius 1 is 0.692 bits per heavy atom. The third-order valence-corrected chi connectivity index (χ3v) is 5.74. The van der Waals surface area contributed by atoms with Crippen LogP contribution < -0.4 is 29.6 Å². The first kappa shape index (κ1) is 29.1. The Morgan fingerprint density at radius 2 is 1.00 bits per heavy atom. The summed E-state index contributed by atoms with van der Waals surface area (Å²) in [5.41, 5.74) is -1.11. The molecule has 0 saturated carbocycles. The summed E-state index contributed by atoms with van der Waals surface area (Å²) in [6, 6.07) is 0. The molecule has 4 nitrogen and oxygen atoms in total. The van der Waals surface area contributed by atoms with Crippen LogP contribution in [0, 0.1) is 0 Å². The molecule has 0 spiro atoms. The van der Waals surface area contributed by atoms with Crippen molar-refractivity contribution in [2.45, 2.75) is 122 Å². The summed E-state index contributed by atoms with van der Waals surface area (Å²) in [6.07, 6.45) is 21.0. The molecule has 1 N–H and O–H groups in total. The Labute approximate surface area is 185 Å². The maximum atomic E-state index is 10.8. The predicted molar refractivity (Wildman–Crippen MR) is 107 cm³/mol. The summed E-state index contributed by atoms with van der Waals surface area (Å²) in [7, 11) is -4.05. The van der Waals surface area contributed by atoms with Gasteiger partial charge in [-0.25, -0.2) is 0 Å². The number of ether oxygens (including phenoxy) is 1. The molecule has 0 heterocycles. The maximum absolute atomic E-state index is 10.8. The monoisotopic (exact) mass is 401 g/mol. The van der Waals surface area contributed by atoms with E-state index in [1.807, 2.05) is 0 Å². The molecule has 152 valence electrons. The Kier molecular flexibility index (Phi) is 23.0. The first-order valence-electron chi connectivity index (χ1n) is 10.6. The van der Waals surface area contributed by atoms with Crippen molar-refractivity contribution in [3.8, 4) is 0 Å². The molecule has 0 aromatic rings. The molecular formula is C20H42NaO4S+. The number of hydrogen-bond donors (Lipinski definition) is 1. The van der Waals surface area contributed by atoms with Crippen molar-refractivity contribution in [3.63, 3.8) is 0 Å². The van der Waals surface area contributed by atoms with E-state index in [0.717, 1.165) is 12.8 Å². The van der Waals surface area contributed by atoms with Gasteiger partial charge in [0.15, 0.2) is 5.44 Å². The second-order valence-corrected chi connectivity index (χ2v) is 8.95. The topological polar surface area (TPSA) is 63.6 Å². The van der Waals surface area contributed by atoms with Crippen LogP contribution in [-0.2, 0) is 14.9 Å². The quantitative estimate of drug-likeness (QED) is 0.204. The summed E-state index contributed by atoms with van der Waals surface area (Å²) in [5.74, 6) is 0. The standard InChI is InChI=1S/C20H42O4S.Na/c1-3-4-5-6-7-8-9-10-11-12-13-14-15-16-17-18-19-24-20(2)25(21,22)23;/h20H,3-19H2,1-2H3,(H,21,22,23);/q;+1. The van der Waals surface area contributed by atoms with E-state index in [2.05, 4.69) is 6.92 Å². The van der Waals surface area contributed by atoms with Crippen LogP contribution in [0.2, 0.25) is 0 Å². The third kappa shape index (κ3) is 21.2. The van der Waals surface area contributed by atoms with Crippen molar-refractivity contribution in [3.05, 3.63) is 0 Å². The first-order valence-corrected chi connectivity index (χ1v) is 12.1. The molecule has 0 fully saturated rings. The number of unbranched alkanes of at least 4 members (excludes halogenated alkanes) is 15. The van der Waals surface area contributed by atoms with Gasteiger partial charge in [-0.05, 0) is 13.3 Å². The molecule has 0 bridgehead atoms. The van der Waals surface area contributed by atoms with E-state index < -0.39 is 15.6 Å². The van der Waals surface area contributed by atoms with Crippen LogP contribution in [0.5, 0.6) is 0 Å². The zero-order valence-electron chi connectivity index (χ0n) is 17.7. The third-order valence-electron chi connectivity index (χ3n) is 4.77.